The largest absolute Gasteiger partial charge is 0.346 e. The molecule has 0 aliphatic rings. The van der Waals surface area contributed by atoms with Crippen LogP contribution in [0.1, 0.15) is 38.8 Å². The Morgan fingerprint density at radius 2 is 1.91 bits per heavy atom. The Hall–Kier alpha value is -1.88. The minimum absolute atomic E-state index is 0.0341. The summed E-state index contributed by atoms with van der Waals surface area (Å²) < 4.78 is 0. The van der Waals surface area contributed by atoms with E-state index in [1.807, 2.05) is 58.9 Å². The number of nitrogens with one attached hydrogen (secondary N) is 2. The number of amides is 2. The predicted octanol–water partition coefficient (Wildman–Crippen LogP) is 1.45. The van der Waals surface area contributed by atoms with Crippen LogP contribution in [-0.2, 0) is 15.1 Å². The summed E-state index contributed by atoms with van der Waals surface area (Å²) in [5.41, 5.74) is 7.39. The summed E-state index contributed by atoms with van der Waals surface area (Å²) in [5, 5.41) is 5.50. The summed E-state index contributed by atoms with van der Waals surface area (Å²) >= 11 is 0. The third-order valence-electron chi connectivity index (χ3n) is 3.64. The number of aryl methyl sites for hydroxylation is 1. The molecule has 0 unspecified atom stereocenters. The average Bonchev–Trinajstić information content (AvgIpc) is 2.43. The molecule has 0 fully saturated rings. The van der Waals surface area contributed by atoms with E-state index in [1.165, 1.54) is 0 Å². The van der Waals surface area contributed by atoms with Crippen molar-refractivity contribution in [2.24, 2.45) is 11.7 Å². The molecule has 4 N–H and O–H groups in total. The van der Waals surface area contributed by atoms with Gasteiger partial charge in [-0.1, -0.05) is 43.7 Å². The Kier molecular flexibility index (Phi) is 6.11. The van der Waals surface area contributed by atoms with Crippen molar-refractivity contribution in [3.63, 3.8) is 0 Å². The lowest BCUT2D eigenvalue weighted by Gasteiger charge is -2.27. The minimum Gasteiger partial charge on any atom is -0.346 e. The van der Waals surface area contributed by atoms with Gasteiger partial charge in [0.25, 0.3) is 0 Å². The number of nitrogens with two attached hydrogens (primary N) is 1. The van der Waals surface area contributed by atoms with Gasteiger partial charge < -0.3 is 16.4 Å². The lowest BCUT2D eigenvalue weighted by molar-refractivity contribution is -0.128. The third kappa shape index (κ3) is 5.15. The summed E-state index contributed by atoms with van der Waals surface area (Å²) in [7, 11) is 0. The molecule has 1 aromatic rings. The number of benzene rings is 1. The summed E-state index contributed by atoms with van der Waals surface area (Å²) in [4.78, 5) is 23.8. The zero-order chi connectivity index (χ0) is 16.9. The Morgan fingerprint density at radius 1 is 1.27 bits per heavy atom. The number of hydrogen-bond acceptors (Lipinski definition) is 3. The van der Waals surface area contributed by atoms with Gasteiger partial charge in [0.1, 0.15) is 0 Å². The van der Waals surface area contributed by atoms with Gasteiger partial charge in [-0.2, -0.15) is 0 Å². The zero-order valence-electron chi connectivity index (χ0n) is 14.1. The maximum absolute atomic E-state index is 12.0. The predicted molar refractivity (Wildman–Crippen MR) is 88.2 cm³/mol. The maximum Gasteiger partial charge on any atom is 0.240 e. The molecule has 2 amide bonds. The van der Waals surface area contributed by atoms with E-state index in [9.17, 15) is 9.59 Å². The second-order valence-electron chi connectivity index (χ2n) is 6.53. The van der Waals surface area contributed by atoms with Crippen molar-refractivity contribution >= 4 is 11.8 Å². The molecule has 0 spiro atoms. The standard InChI is InChI=1S/C17H27N3O2/c1-11(2)15(18)16(22)19-10-14(21)20-17(4,5)13-8-6-7-12(3)9-13/h6-9,11,15H,10,18H2,1-5H3,(H,19,22)(H,20,21)/t15-/m0/s1. The highest BCUT2D eigenvalue weighted by Crippen LogP contribution is 2.20. The van der Waals surface area contributed by atoms with Crippen molar-refractivity contribution in [3.05, 3.63) is 35.4 Å². The van der Waals surface area contributed by atoms with Gasteiger partial charge in [-0.3, -0.25) is 9.59 Å². The van der Waals surface area contributed by atoms with Gasteiger partial charge in [0, 0.05) is 0 Å². The SMILES string of the molecule is Cc1cccc(C(C)(C)NC(=O)CNC(=O)[C@@H](N)C(C)C)c1. The molecule has 5 heteroatoms. The molecule has 5 nitrogen and oxygen atoms in total. The first-order valence-corrected chi connectivity index (χ1v) is 7.55. The fraction of sp³-hybridized carbons (Fsp3) is 0.529. The van der Waals surface area contributed by atoms with Crippen LogP contribution in [0, 0.1) is 12.8 Å². The normalized spacial score (nSPS) is 12.9. The number of rotatable bonds is 6. The van der Waals surface area contributed by atoms with E-state index in [0.29, 0.717) is 0 Å². The molecular formula is C17H27N3O2. The molecule has 0 aromatic heterocycles. The van der Waals surface area contributed by atoms with Gasteiger partial charge in [0.15, 0.2) is 0 Å². The number of hydrogen-bond donors (Lipinski definition) is 3. The molecule has 122 valence electrons. The second-order valence-corrected chi connectivity index (χ2v) is 6.53. The topological polar surface area (TPSA) is 84.2 Å². The first-order valence-electron chi connectivity index (χ1n) is 7.55. The third-order valence-corrected chi connectivity index (χ3v) is 3.64. The Bertz CT molecular complexity index is 538. The van der Waals surface area contributed by atoms with E-state index in [-0.39, 0.29) is 24.3 Å². The van der Waals surface area contributed by atoms with Gasteiger partial charge in [0.2, 0.25) is 11.8 Å². The monoisotopic (exact) mass is 305 g/mol. The van der Waals surface area contributed by atoms with Crippen LogP contribution in [0.5, 0.6) is 0 Å². The number of carbonyl (C=O) groups is 2. The molecule has 1 rings (SSSR count). The van der Waals surface area contributed by atoms with Crippen LogP contribution in [0.15, 0.2) is 24.3 Å². The van der Waals surface area contributed by atoms with Gasteiger partial charge in [-0.05, 0) is 32.3 Å². The maximum atomic E-state index is 12.0. The van der Waals surface area contributed by atoms with Crippen LogP contribution in [-0.4, -0.2) is 24.4 Å². The van der Waals surface area contributed by atoms with Crippen molar-refractivity contribution in [2.75, 3.05) is 6.54 Å². The zero-order valence-corrected chi connectivity index (χ0v) is 14.1. The van der Waals surface area contributed by atoms with Crippen LogP contribution >= 0.6 is 0 Å². The van der Waals surface area contributed by atoms with Crippen molar-refractivity contribution in [1.29, 1.82) is 0 Å². The minimum atomic E-state index is -0.599. The fourth-order valence-electron chi connectivity index (χ4n) is 2.09. The van der Waals surface area contributed by atoms with E-state index in [4.69, 9.17) is 5.73 Å². The van der Waals surface area contributed by atoms with Crippen LogP contribution < -0.4 is 16.4 Å². The van der Waals surface area contributed by atoms with Crippen molar-refractivity contribution in [3.8, 4) is 0 Å². The molecule has 22 heavy (non-hydrogen) atoms. The molecule has 1 atom stereocenters. The molecular weight excluding hydrogens is 278 g/mol. The Balaban J connectivity index is 2.59. The van der Waals surface area contributed by atoms with Crippen LogP contribution in [0.25, 0.3) is 0 Å². The first-order chi connectivity index (χ1) is 10.1. The average molecular weight is 305 g/mol. The highest BCUT2D eigenvalue weighted by molar-refractivity contribution is 5.87. The first kappa shape index (κ1) is 18.2. The lowest BCUT2D eigenvalue weighted by atomic mass is 9.93. The van der Waals surface area contributed by atoms with E-state index >= 15 is 0 Å². The van der Waals surface area contributed by atoms with Gasteiger partial charge in [0.05, 0.1) is 18.1 Å². The van der Waals surface area contributed by atoms with Crippen LogP contribution in [0.2, 0.25) is 0 Å². The molecule has 0 radical (unpaired) electrons. The molecule has 0 aliphatic carbocycles. The van der Waals surface area contributed by atoms with E-state index in [0.717, 1.165) is 11.1 Å². The van der Waals surface area contributed by atoms with Crippen molar-refractivity contribution < 1.29 is 9.59 Å². The van der Waals surface area contributed by atoms with Crippen LogP contribution in [0.3, 0.4) is 0 Å². The van der Waals surface area contributed by atoms with Gasteiger partial charge >= 0.3 is 0 Å². The molecule has 0 bridgehead atoms. The molecule has 1 aromatic carbocycles. The second kappa shape index (κ2) is 7.40. The summed E-state index contributed by atoms with van der Waals surface area (Å²) in [6, 6.07) is 7.38. The summed E-state index contributed by atoms with van der Waals surface area (Å²) in [6.45, 7) is 9.53. The summed E-state index contributed by atoms with van der Waals surface area (Å²) in [5.74, 6) is -0.513. The molecule has 0 saturated carbocycles. The number of carbonyl (C=O) groups excluding carboxylic acids is 2. The smallest absolute Gasteiger partial charge is 0.240 e. The van der Waals surface area contributed by atoms with Crippen LogP contribution in [0.4, 0.5) is 0 Å². The van der Waals surface area contributed by atoms with Crippen molar-refractivity contribution in [1.82, 2.24) is 10.6 Å². The summed E-state index contributed by atoms with van der Waals surface area (Å²) in [6.07, 6.45) is 0. The Morgan fingerprint density at radius 3 is 2.45 bits per heavy atom. The molecule has 0 heterocycles. The molecule has 0 aliphatic heterocycles. The van der Waals surface area contributed by atoms with Crippen molar-refractivity contribution in [2.45, 2.75) is 46.2 Å². The van der Waals surface area contributed by atoms with E-state index in [1.54, 1.807) is 0 Å². The Labute approximate surface area is 132 Å². The van der Waals surface area contributed by atoms with E-state index in [2.05, 4.69) is 10.6 Å². The van der Waals surface area contributed by atoms with E-state index < -0.39 is 11.6 Å². The molecule has 0 saturated heterocycles. The van der Waals surface area contributed by atoms with Gasteiger partial charge in [-0.15, -0.1) is 0 Å². The lowest BCUT2D eigenvalue weighted by Crippen LogP contribution is -2.50. The fourth-order valence-corrected chi connectivity index (χ4v) is 2.09. The quantitative estimate of drug-likeness (QED) is 0.743. The highest BCUT2D eigenvalue weighted by atomic mass is 16.2. The van der Waals surface area contributed by atoms with Gasteiger partial charge in [-0.25, -0.2) is 0 Å². The highest BCUT2D eigenvalue weighted by Gasteiger charge is 2.24.